The van der Waals surface area contributed by atoms with Gasteiger partial charge in [-0.05, 0) is 29.8 Å². The summed E-state index contributed by atoms with van der Waals surface area (Å²) in [4.78, 5) is 18.3. The van der Waals surface area contributed by atoms with Crippen LogP contribution in [0.15, 0.2) is 54.6 Å². The van der Waals surface area contributed by atoms with E-state index in [4.69, 9.17) is 9.47 Å². The number of amides is 1. The maximum Gasteiger partial charge on any atom is 0.267 e. The Balaban J connectivity index is 1.50. The van der Waals surface area contributed by atoms with Crippen LogP contribution in [-0.2, 0) is 4.74 Å². The molecule has 6 nitrogen and oxygen atoms in total. The number of benzene rings is 2. The molecule has 4 rings (SSSR count). The highest BCUT2D eigenvalue weighted by Gasteiger charge is 2.23. The lowest BCUT2D eigenvalue weighted by atomic mass is 10.0. The Bertz CT molecular complexity index is 897. The largest absolute Gasteiger partial charge is 0.497 e. The second-order valence-corrected chi connectivity index (χ2v) is 6.92. The van der Waals surface area contributed by atoms with E-state index in [1.165, 1.54) is 0 Å². The van der Waals surface area contributed by atoms with Crippen LogP contribution in [0.5, 0.6) is 5.75 Å². The van der Waals surface area contributed by atoms with Crippen molar-refractivity contribution in [2.45, 2.75) is 6.04 Å². The zero-order valence-corrected chi connectivity index (χ0v) is 16.0. The number of para-hydroxylation sites is 1. The molecule has 1 aliphatic heterocycles. The molecule has 1 unspecified atom stereocenters. The van der Waals surface area contributed by atoms with E-state index in [-0.39, 0.29) is 11.9 Å². The second-order valence-electron chi connectivity index (χ2n) is 6.92. The van der Waals surface area contributed by atoms with E-state index in [0.717, 1.165) is 35.3 Å². The molecule has 0 aliphatic carbocycles. The minimum Gasteiger partial charge on any atom is -0.497 e. The highest BCUT2D eigenvalue weighted by atomic mass is 16.5. The fourth-order valence-corrected chi connectivity index (χ4v) is 3.65. The molecule has 6 heteroatoms. The number of hydrogen-bond acceptors (Lipinski definition) is 4. The minimum absolute atomic E-state index is 0.0862. The molecule has 146 valence electrons. The first-order valence-corrected chi connectivity index (χ1v) is 9.56. The number of hydrogen-bond donors (Lipinski definition) is 2. The summed E-state index contributed by atoms with van der Waals surface area (Å²) in [6.07, 6.45) is 0. The van der Waals surface area contributed by atoms with Crippen molar-refractivity contribution in [3.8, 4) is 5.75 Å². The number of nitrogens with one attached hydrogen (secondary N) is 2. The topological polar surface area (TPSA) is 66.6 Å². The molecule has 0 bridgehead atoms. The lowest BCUT2D eigenvalue weighted by Gasteiger charge is -2.35. The van der Waals surface area contributed by atoms with Crippen molar-refractivity contribution < 1.29 is 14.3 Å². The summed E-state index contributed by atoms with van der Waals surface area (Å²) >= 11 is 0. The molecule has 0 radical (unpaired) electrons. The van der Waals surface area contributed by atoms with Crippen molar-refractivity contribution in [2.75, 3.05) is 40.0 Å². The zero-order valence-electron chi connectivity index (χ0n) is 16.0. The van der Waals surface area contributed by atoms with Gasteiger partial charge in [-0.15, -0.1) is 0 Å². The second kappa shape index (κ2) is 8.46. The fourth-order valence-electron chi connectivity index (χ4n) is 3.65. The molecular weight excluding hydrogens is 354 g/mol. The van der Waals surface area contributed by atoms with Gasteiger partial charge in [-0.1, -0.05) is 30.3 Å². The number of morpholine rings is 1. The maximum absolute atomic E-state index is 12.7. The number of nitrogens with zero attached hydrogens (tertiary/aromatic N) is 1. The Morgan fingerprint density at radius 1 is 1.18 bits per heavy atom. The van der Waals surface area contributed by atoms with Gasteiger partial charge in [0.1, 0.15) is 11.4 Å². The van der Waals surface area contributed by atoms with E-state index in [1.807, 2.05) is 42.5 Å². The molecule has 2 N–H and O–H groups in total. The van der Waals surface area contributed by atoms with Gasteiger partial charge in [0.2, 0.25) is 0 Å². The minimum atomic E-state index is -0.0945. The molecule has 0 spiro atoms. The maximum atomic E-state index is 12.7. The van der Waals surface area contributed by atoms with E-state index in [0.29, 0.717) is 25.5 Å². The van der Waals surface area contributed by atoms with Crippen molar-refractivity contribution in [3.63, 3.8) is 0 Å². The normalized spacial score (nSPS) is 16.0. The number of H-pyrrole nitrogens is 1. The molecule has 2 heterocycles. The lowest BCUT2D eigenvalue weighted by Crippen LogP contribution is -2.43. The van der Waals surface area contributed by atoms with Crippen LogP contribution in [0.3, 0.4) is 0 Å². The quantitative estimate of drug-likeness (QED) is 0.691. The zero-order chi connectivity index (χ0) is 19.3. The van der Waals surface area contributed by atoms with Gasteiger partial charge in [0.15, 0.2) is 0 Å². The summed E-state index contributed by atoms with van der Waals surface area (Å²) in [6, 6.07) is 17.9. The van der Waals surface area contributed by atoms with Gasteiger partial charge < -0.3 is 19.8 Å². The highest BCUT2D eigenvalue weighted by Crippen LogP contribution is 2.24. The van der Waals surface area contributed by atoms with Crippen LogP contribution in [0.1, 0.15) is 22.1 Å². The third kappa shape index (κ3) is 4.03. The third-order valence-corrected chi connectivity index (χ3v) is 5.22. The van der Waals surface area contributed by atoms with E-state index in [9.17, 15) is 4.79 Å². The fraction of sp³-hybridized carbons (Fsp3) is 0.318. The lowest BCUT2D eigenvalue weighted by molar-refractivity contribution is 0.0162. The molecule has 1 fully saturated rings. The Labute approximate surface area is 164 Å². The molecule has 1 amide bonds. The SMILES string of the molecule is COc1ccc(C(CNC(=O)c2cc3ccccc3[nH]2)N2CCOCC2)cc1. The smallest absolute Gasteiger partial charge is 0.267 e. The molecule has 1 aromatic heterocycles. The van der Waals surface area contributed by atoms with Crippen LogP contribution < -0.4 is 10.1 Å². The van der Waals surface area contributed by atoms with Crippen LogP contribution in [0.2, 0.25) is 0 Å². The number of ether oxygens (including phenoxy) is 2. The third-order valence-electron chi connectivity index (χ3n) is 5.22. The number of methoxy groups -OCH3 is 1. The van der Waals surface area contributed by atoms with E-state index >= 15 is 0 Å². The first-order chi connectivity index (χ1) is 13.7. The van der Waals surface area contributed by atoms with Gasteiger partial charge in [-0.2, -0.15) is 0 Å². The summed E-state index contributed by atoms with van der Waals surface area (Å²) in [5, 5.41) is 4.14. The van der Waals surface area contributed by atoms with Crippen LogP contribution in [0.25, 0.3) is 10.9 Å². The Kier molecular flexibility index (Phi) is 5.60. The van der Waals surface area contributed by atoms with Gasteiger partial charge in [0.25, 0.3) is 5.91 Å². The van der Waals surface area contributed by atoms with Gasteiger partial charge in [-0.3, -0.25) is 9.69 Å². The van der Waals surface area contributed by atoms with Gasteiger partial charge in [0.05, 0.1) is 26.4 Å². The van der Waals surface area contributed by atoms with Crippen molar-refractivity contribution >= 4 is 16.8 Å². The Morgan fingerprint density at radius 2 is 1.93 bits per heavy atom. The van der Waals surface area contributed by atoms with E-state index in [1.54, 1.807) is 7.11 Å². The van der Waals surface area contributed by atoms with Crippen LogP contribution in [0, 0.1) is 0 Å². The first-order valence-electron chi connectivity index (χ1n) is 9.56. The van der Waals surface area contributed by atoms with Crippen molar-refractivity contribution in [1.29, 1.82) is 0 Å². The van der Waals surface area contributed by atoms with E-state index in [2.05, 4.69) is 27.3 Å². The predicted molar refractivity (Wildman–Crippen MR) is 109 cm³/mol. The molecule has 1 atom stereocenters. The average Bonchev–Trinajstić information content (AvgIpc) is 3.19. The van der Waals surface area contributed by atoms with Crippen LogP contribution in [0.4, 0.5) is 0 Å². The highest BCUT2D eigenvalue weighted by molar-refractivity contribution is 5.97. The van der Waals surface area contributed by atoms with Gasteiger partial charge in [-0.25, -0.2) is 0 Å². The van der Waals surface area contributed by atoms with Crippen LogP contribution in [-0.4, -0.2) is 55.7 Å². The summed E-state index contributed by atoms with van der Waals surface area (Å²) in [7, 11) is 1.66. The van der Waals surface area contributed by atoms with Gasteiger partial charge in [0, 0.05) is 30.5 Å². The van der Waals surface area contributed by atoms with Gasteiger partial charge >= 0.3 is 0 Å². The molecule has 0 saturated carbocycles. The number of carbonyl (C=O) groups excluding carboxylic acids is 1. The number of aromatic amines is 1. The molecule has 1 aliphatic rings. The summed E-state index contributed by atoms with van der Waals surface area (Å²) in [5.41, 5.74) is 2.70. The van der Waals surface area contributed by atoms with Crippen LogP contribution >= 0.6 is 0 Å². The summed E-state index contributed by atoms with van der Waals surface area (Å²) in [5.74, 6) is 0.731. The van der Waals surface area contributed by atoms with Crippen molar-refractivity contribution in [1.82, 2.24) is 15.2 Å². The molecule has 28 heavy (non-hydrogen) atoms. The molecule has 3 aromatic rings. The van der Waals surface area contributed by atoms with Crippen molar-refractivity contribution in [3.05, 3.63) is 65.9 Å². The Hall–Kier alpha value is -2.83. The average molecular weight is 379 g/mol. The number of carbonyl (C=O) groups is 1. The molecular formula is C22H25N3O3. The first kappa shape index (κ1) is 18.5. The standard InChI is InChI=1S/C22H25N3O3/c1-27-18-8-6-16(7-9-18)21(25-10-12-28-13-11-25)15-23-22(26)20-14-17-4-2-3-5-19(17)24-20/h2-9,14,21,24H,10-13,15H2,1H3,(H,23,26). The summed E-state index contributed by atoms with van der Waals surface area (Å²) < 4.78 is 10.8. The molecule has 2 aromatic carbocycles. The molecule has 1 saturated heterocycles. The monoisotopic (exact) mass is 379 g/mol. The van der Waals surface area contributed by atoms with Crippen molar-refractivity contribution in [2.24, 2.45) is 0 Å². The number of aromatic nitrogens is 1. The Morgan fingerprint density at radius 3 is 2.64 bits per heavy atom. The number of fused-ring (bicyclic) bond motifs is 1. The predicted octanol–water partition coefficient (Wildman–Crippen LogP) is 2.98. The van der Waals surface area contributed by atoms with E-state index < -0.39 is 0 Å². The number of rotatable bonds is 6. The summed E-state index contributed by atoms with van der Waals surface area (Å²) in [6.45, 7) is 3.64.